The minimum absolute atomic E-state index is 0.0675. The van der Waals surface area contributed by atoms with Gasteiger partial charge in [-0.05, 0) is 49.8 Å². The van der Waals surface area contributed by atoms with Crippen LogP contribution in [0.25, 0.3) is 11.3 Å². The lowest BCUT2D eigenvalue weighted by Crippen LogP contribution is -2.34. The van der Waals surface area contributed by atoms with E-state index in [0.29, 0.717) is 12.3 Å². The number of benzene rings is 1. The molecule has 4 rings (SSSR count). The van der Waals surface area contributed by atoms with Crippen LogP contribution in [0, 0.1) is 5.92 Å². The lowest BCUT2D eigenvalue weighted by atomic mass is 9.92. The molecule has 2 aliphatic heterocycles. The number of aromatic nitrogens is 2. The summed E-state index contributed by atoms with van der Waals surface area (Å²) >= 11 is 0. The van der Waals surface area contributed by atoms with Gasteiger partial charge in [0.25, 0.3) is 0 Å². The van der Waals surface area contributed by atoms with Gasteiger partial charge in [-0.15, -0.1) is 0 Å². The molecule has 1 saturated heterocycles. The Labute approximate surface area is 164 Å². The predicted molar refractivity (Wildman–Crippen MR) is 106 cm³/mol. The SMILES string of the molecule is NS(=O)(=O)CCCC1CCN(c2cc(-c3ccc4c(c3)OCO4)ncn2)CC1. The van der Waals surface area contributed by atoms with Crippen molar-refractivity contribution in [2.45, 2.75) is 25.7 Å². The zero-order valence-corrected chi connectivity index (χ0v) is 16.4. The van der Waals surface area contributed by atoms with Crippen LogP contribution < -0.4 is 19.5 Å². The fourth-order valence-corrected chi connectivity index (χ4v) is 4.33. The third-order valence-corrected chi connectivity index (χ3v) is 6.16. The monoisotopic (exact) mass is 404 g/mol. The second-order valence-corrected chi connectivity index (χ2v) is 9.00. The summed E-state index contributed by atoms with van der Waals surface area (Å²) in [5, 5.41) is 5.08. The van der Waals surface area contributed by atoms with Gasteiger partial charge < -0.3 is 14.4 Å². The second-order valence-electron chi connectivity index (χ2n) is 7.27. The summed E-state index contributed by atoms with van der Waals surface area (Å²) in [5.41, 5.74) is 1.81. The highest BCUT2D eigenvalue weighted by atomic mass is 32.2. The molecule has 0 unspecified atom stereocenters. The number of hydrogen-bond acceptors (Lipinski definition) is 7. The molecule has 9 heteroatoms. The van der Waals surface area contributed by atoms with Crippen molar-refractivity contribution >= 4 is 15.8 Å². The van der Waals surface area contributed by atoms with Crippen molar-refractivity contribution < 1.29 is 17.9 Å². The smallest absolute Gasteiger partial charge is 0.231 e. The molecule has 0 bridgehead atoms. The maximum absolute atomic E-state index is 11.1. The third-order valence-electron chi connectivity index (χ3n) is 5.30. The van der Waals surface area contributed by atoms with Gasteiger partial charge in [0.15, 0.2) is 11.5 Å². The van der Waals surface area contributed by atoms with Gasteiger partial charge in [-0.3, -0.25) is 0 Å². The second kappa shape index (κ2) is 7.92. The van der Waals surface area contributed by atoms with E-state index in [1.807, 2.05) is 24.3 Å². The van der Waals surface area contributed by atoms with E-state index in [-0.39, 0.29) is 12.5 Å². The molecule has 1 aromatic carbocycles. The summed E-state index contributed by atoms with van der Waals surface area (Å²) < 4.78 is 32.9. The van der Waals surface area contributed by atoms with E-state index in [4.69, 9.17) is 14.6 Å². The summed E-state index contributed by atoms with van der Waals surface area (Å²) in [4.78, 5) is 11.1. The number of hydrogen-bond donors (Lipinski definition) is 1. The molecule has 8 nitrogen and oxygen atoms in total. The van der Waals surface area contributed by atoms with Crippen LogP contribution in [-0.2, 0) is 10.0 Å². The fourth-order valence-electron chi connectivity index (χ4n) is 3.76. The minimum Gasteiger partial charge on any atom is -0.454 e. The summed E-state index contributed by atoms with van der Waals surface area (Å²) in [6.45, 7) is 2.05. The molecule has 2 aliphatic rings. The number of sulfonamides is 1. The number of piperidine rings is 1. The molecule has 0 amide bonds. The van der Waals surface area contributed by atoms with Gasteiger partial charge in [0, 0.05) is 24.7 Å². The van der Waals surface area contributed by atoms with E-state index in [2.05, 4.69) is 14.9 Å². The van der Waals surface area contributed by atoms with Crippen LogP contribution in [0.15, 0.2) is 30.6 Å². The van der Waals surface area contributed by atoms with Crippen LogP contribution >= 0.6 is 0 Å². The number of anilines is 1. The predicted octanol–water partition coefficient (Wildman–Crippen LogP) is 2.16. The van der Waals surface area contributed by atoms with E-state index in [1.165, 1.54) is 0 Å². The summed E-state index contributed by atoms with van der Waals surface area (Å²) in [6, 6.07) is 7.80. The van der Waals surface area contributed by atoms with Crippen molar-refractivity contribution in [2.24, 2.45) is 11.1 Å². The molecular weight excluding hydrogens is 380 g/mol. The first kappa shape index (κ1) is 18.9. The number of nitrogens with zero attached hydrogens (tertiary/aromatic N) is 3. The van der Waals surface area contributed by atoms with Crippen LogP contribution in [0.2, 0.25) is 0 Å². The maximum atomic E-state index is 11.1. The topological polar surface area (TPSA) is 108 Å². The van der Waals surface area contributed by atoms with Crippen molar-refractivity contribution in [1.29, 1.82) is 0 Å². The molecule has 150 valence electrons. The quantitative estimate of drug-likeness (QED) is 0.786. The molecule has 0 aliphatic carbocycles. The highest BCUT2D eigenvalue weighted by Gasteiger charge is 2.21. The first-order chi connectivity index (χ1) is 13.5. The van der Waals surface area contributed by atoms with E-state index < -0.39 is 10.0 Å². The summed E-state index contributed by atoms with van der Waals surface area (Å²) in [5.74, 6) is 3.00. The van der Waals surface area contributed by atoms with E-state index in [9.17, 15) is 8.42 Å². The Morgan fingerprint density at radius 3 is 2.68 bits per heavy atom. The van der Waals surface area contributed by atoms with Gasteiger partial charge in [-0.2, -0.15) is 0 Å². The Morgan fingerprint density at radius 2 is 1.89 bits per heavy atom. The molecule has 0 saturated carbocycles. The first-order valence-corrected chi connectivity index (χ1v) is 11.2. The number of rotatable bonds is 6. The van der Waals surface area contributed by atoms with E-state index >= 15 is 0 Å². The van der Waals surface area contributed by atoms with Crippen LogP contribution in [-0.4, -0.2) is 44.0 Å². The molecule has 2 N–H and O–H groups in total. The van der Waals surface area contributed by atoms with Crippen molar-refractivity contribution in [1.82, 2.24) is 9.97 Å². The number of fused-ring (bicyclic) bond motifs is 1. The Balaban J connectivity index is 1.38. The molecule has 2 aromatic rings. The largest absolute Gasteiger partial charge is 0.454 e. The average Bonchev–Trinajstić information content (AvgIpc) is 3.15. The molecular formula is C19H24N4O4S. The molecule has 1 aromatic heterocycles. The van der Waals surface area contributed by atoms with Gasteiger partial charge in [0.1, 0.15) is 12.1 Å². The lowest BCUT2D eigenvalue weighted by molar-refractivity contribution is 0.174. The summed E-state index contributed by atoms with van der Waals surface area (Å²) in [6.07, 6.45) is 5.16. The average molecular weight is 404 g/mol. The van der Waals surface area contributed by atoms with E-state index in [0.717, 1.165) is 60.9 Å². The highest BCUT2D eigenvalue weighted by Crippen LogP contribution is 2.36. The zero-order chi connectivity index (χ0) is 19.6. The standard InChI is InChI=1S/C19H24N4O4S/c20-28(24,25)9-1-2-14-5-7-23(8-6-14)19-11-16(21-12-22-19)15-3-4-17-18(10-15)27-13-26-17/h3-4,10-12,14H,1-2,5-9,13H2,(H2,20,24,25). The number of ether oxygens (including phenoxy) is 2. The molecule has 0 atom stereocenters. The zero-order valence-electron chi connectivity index (χ0n) is 15.6. The molecule has 28 heavy (non-hydrogen) atoms. The maximum Gasteiger partial charge on any atom is 0.231 e. The third kappa shape index (κ3) is 4.53. The van der Waals surface area contributed by atoms with E-state index in [1.54, 1.807) is 6.33 Å². The van der Waals surface area contributed by atoms with Gasteiger partial charge in [-0.25, -0.2) is 23.5 Å². The Hall–Kier alpha value is -2.39. The van der Waals surface area contributed by atoms with Gasteiger partial charge in [0.05, 0.1) is 11.4 Å². The van der Waals surface area contributed by atoms with Crippen molar-refractivity contribution in [2.75, 3.05) is 30.5 Å². The van der Waals surface area contributed by atoms with Crippen LogP contribution in [0.5, 0.6) is 11.5 Å². The highest BCUT2D eigenvalue weighted by molar-refractivity contribution is 7.89. The first-order valence-electron chi connectivity index (χ1n) is 9.45. The van der Waals surface area contributed by atoms with Gasteiger partial charge >= 0.3 is 0 Å². The van der Waals surface area contributed by atoms with Crippen LogP contribution in [0.3, 0.4) is 0 Å². The molecule has 0 spiro atoms. The molecule has 3 heterocycles. The lowest BCUT2D eigenvalue weighted by Gasteiger charge is -2.32. The van der Waals surface area contributed by atoms with Crippen molar-refractivity contribution in [3.63, 3.8) is 0 Å². The fraction of sp³-hybridized carbons (Fsp3) is 0.474. The summed E-state index contributed by atoms with van der Waals surface area (Å²) in [7, 11) is -3.36. The number of nitrogens with two attached hydrogens (primary N) is 1. The van der Waals surface area contributed by atoms with Gasteiger partial charge in [-0.1, -0.05) is 0 Å². The number of primary sulfonamides is 1. The Kier molecular flexibility index (Phi) is 5.36. The van der Waals surface area contributed by atoms with Crippen LogP contribution in [0.1, 0.15) is 25.7 Å². The van der Waals surface area contributed by atoms with Crippen LogP contribution in [0.4, 0.5) is 5.82 Å². The van der Waals surface area contributed by atoms with Crippen molar-refractivity contribution in [3.05, 3.63) is 30.6 Å². The minimum atomic E-state index is -3.36. The normalized spacial score (nSPS) is 17.1. The van der Waals surface area contributed by atoms with Crippen molar-refractivity contribution in [3.8, 4) is 22.8 Å². The molecule has 0 radical (unpaired) electrons. The Bertz CT molecular complexity index is 943. The Morgan fingerprint density at radius 1 is 1.11 bits per heavy atom. The van der Waals surface area contributed by atoms with Gasteiger partial charge in [0.2, 0.25) is 16.8 Å². The molecule has 1 fully saturated rings.